The summed E-state index contributed by atoms with van der Waals surface area (Å²) in [6, 6.07) is 11.4. The first-order valence-corrected chi connectivity index (χ1v) is 10.9. The normalized spacial score (nSPS) is 20.0. The lowest BCUT2D eigenvalue weighted by Gasteiger charge is -2.19. The third-order valence-corrected chi connectivity index (χ3v) is 6.32. The fraction of sp³-hybridized carbons (Fsp3) is 0.440. The van der Waals surface area contributed by atoms with Crippen molar-refractivity contribution in [2.24, 2.45) is 5.41 Å². The summed E-state index contributed by atoms with van der Waals surface area (Å²) in [6.45, 7) is 6.46. The molecule has 1 aliphatic carbocycles. The number of amides is 1. The Balaban J connectivity index is 1.29. The molecule has 0 spiro atoms. The fourth-order valence-corrected chi connectivity index (χ4v) is 4.50. The van der Waals surface area contributed by atoms with E-state index in [1.807, 2.05) is 36.4 Å². The minimum atomic E-state index is -0.510. The number of benzene rings is 2. The minimum Gasteiger partial charge on any atom is -0.454 e. The van der Waals surface area contributed by atoms with Gasteiger partial charge in [0.05, 0.1) is 11.5 Å². The molecule has 0 bridgehead atoms. The van der Waals surface area contributed by atoms with Crippen molar-refractivity contribution in [3.63, 3.8) is 0 Å². The highest BCUT2D eigenvalue weighted by molar-refractivity contribution is 6.02. The molecule has 6 heteroatoms. The highest BCUT2D eigenvalue weighted by Gasteiger charge is 2.51. The quantitative estimate of drug-likeness (QED) is 0.748. The van der Waals surface area contributed by atoms with Crippen LogP contribution in [-0.4, -0.2) is 24.5 Å². The van der Waals surface area contributed by atoms with Gasteiger partial charge in [-0.05, 0) is 59.7 Å². The van der Waals surface area contributed by atoms with Gasteiger partial charge in [0.2, 0.25) is 12.7 Å². The first-order chi connectivity index (χ1) is 14.7. The maximum absolute atomic E-state index is 13.2. The van der Waals surface area contributed by atoms with Crippen LogP contribution in [0.25, 0.3) is 0 Å². The van der Waals surface area contributed by atoms with E-state index in [-0.39, 0.29) is 29.9 Å². The van der Waals surface area contributed by atoms with Gasteiger partial charge in [0.15, 0.2) is 17.3 Å². The molecule has 5 rings (SSSR count). The maximum Gasteiger partial charge on any atom is 0.235 e. The number of hydrogen-bond donors (Lipinski definition) is 2. The highest BCUT2D eigenvalue weighted by Crippen LogP contribution is 2.51. The van der Waals surface area contributed by atoms with Crippen LogP contribution < -0.4 is 20.1 Å². The predicted molar refractivity (Wildman–Crippen MR) is 119 cm³/mol. The third kappa shape index (κ3) is 3.75. The molecule has 3 aliphatic rings. The Morgan fingerprint density at radius 1 is 1.10 bits per heavy atom. The summed E-state index contributed by atoms with van der Waals surface area (Å²) >= 11 is 0. The number of fused-ring (bicyclic) bond motifs is 2. The van der Waals surface area contributed by atoms with Crippen LogP contribution in [0, 0.1) is 5.41 Å². The van der Waals surface area contributed by atoms with Gasteiger partial charge in [0.1, 0.15) is 0 Å². The number of ketones is 1. The van der Waals surface area contributed by atoms with E-state index in [0.29, 0.717) is 18.6 Å². The SMILES string of the molecule is CC(C)(C)CC(=O)C1Cc2cc(NC(=O)C3(c4ccc5c(c4)OCO5)CC3)ccc2N1. The largest absolute Gasteiger partial charge is 0.454 e. The molecule has 2 aliphatic heterocycles. The summed E-state index contributed by atoms with van der Waals surface area (Å²) in [6.07, 6.45) is 2.82. The lowest BCUT2D eigenvalue weighted by Crippen LogP contribution is -2.30. The summed E-state index contributed by atoms with van der Waals surface area (Å²) in [5.74, 6) is 1.65. The molecule has 1 atom stereocenters. The van der Waals surface area contributed by atoms with Crippen LogP contribution >= 0.6 is 0 Å². The minimum absolute atomic E-state index is 0.00219. The Morgan fingerprint density at radius 2 is 1.87 bits per heavy atom. The molecular weight excluding hydrogens is 392 g/mol. The smallest absolute Gasteiger partial charge is 0.235 e. The van der Waals surface area contributed by atoms with Crippen molar-refractivity contribution in [3.8, 4) is 11.5 Å². The Bertz CT molecular complexity index is 1070. The summed E-state index contributed by atoms with van der Waals surface area (Å²) in [7, 11) is 0. The average molecular weight is 421 g/mol. The number of carbonyl (C=O) groups is 2. The number of Topliss-reactive ketones (excluding diaryl/α,β-unsaturated/α-hetero) is 1. The van der Waals surface area contributed by atoms with Gasteiger partial charge >= 0.3 is 0 Å². The highest BCUT2D eigenvalue weighted by atomic mass is 16.7. The first-order valence-electron chi connectivity index (χ1n) is 10.9. The molecule has 2 aromatic carbocycles. The zero-order valence-electron chi connectivity index (χ0n) is 18.2. The van der Waals surface area contributed by atoms with E-state index in [9.17, 15) is 9.59 Å². The van der Waals surface area contributed by atoms with Gasteiger partial charge in [-0.3, -0.25) is 9.59 Å². The molecule has 0 saturated heterocycles. The van der Waals surface area contributed by atoms with E-state index < -0.39 is 5.41 Å². The number of ether oxygens (including phenoxy) is 2. The van der Waals surface area contributed by atoms with Crippen LogP contribution in [0.1, 0.15) is 51.2 Å². The van der Waals surface area contributed by atoms with E-state index in [0.717, 1.165) is 41.1 Å². The summed E-state index contributed by atoms with van der Waals surface area (Å²) in [5, 5.41) is 6.44. The van der Waals surface area contributed by atoms with Crippen molar-refractivity contribution in [3.05, 3.63) is 47.5 Å². The first kappa shape index (κ1) is 19.9. The molecule has 0 radical (unpaired) electrons. The standard InChI is InChI=1S/C25H28N2O4/c1-24(2,3)13-20(28)19-11-15-10-17(5-6-18(15)27-19)26-23(29)25(8-9-25)16-4-7-21-22(12-16)31-14-30-21/h4-7,10,12,19,27H,8-9,11,13-14H2,1-3H3,(H,26,29). The number of anilines is 2. The van der Waals surface area contributed by atoms with Crippen LogP contribution in [0.3, 0.4) is 0 Å². The van der Waals surface area contributed by atoms with Crippen LogP contribution in [0.4, 0.5) is 11.4 Å². The third-order valence-electron chi connectivity index (χ3n) is 6.32. The Morgan fingerprint density at radius 3 is 2.61 bits per heavy atom. The van der Waals surface area contributed by atoms with Gasteiger partial charge in [-0.1, -0.05) is 26.8 Å². The van der Waals surface area contributed by atoms with Crippen LogP contribution in [0.15, 0.2) is 36.4 Å². The molecule has 31 heavy (non-hydrogen) atoms. The maximum atomic E-state index is 13.2. The zero-order valence-corrected chi connectivity index (χ0v) is 18.2. The summed E-state index contributed by atoms with van der Waals surface area (Å²) < 4.78 is 10.9. The molecule has 2 N–H and O–H groups in total. The lowest BCUT2D eigenvalue weighted by atomic mass is 9.87. The van der Waals surface area contributed by atoms with Crippen LogP contribution in [0.2, 0.25) is 0 Å². The Kier molecular flexibility index (Phi) is 4.50. The van der Waals surface area contributed by atoms with Crippen molar-refractivity contribution in [2.75, 3.05) is 17.4 Å². The molecule has 0 aromatic heterocycles. The number of nitrogens with one attached hydrogen (secondary N) is 2. The van der Waals surface area contributed by atoms with Gasteiger partial charge in [0, 0.05) is 24.2 Å². The molecule has 1 unspecified atom stereocenters. The molecule has 2 aromatic rings. The van der Waals surface area contributed by atoms with Crippen molar-refractivity contribution in [2.45, 2.75) is 57.9 Å². The van der Waals surface area contributed by atoms with E-state index in [1.165, 1.54) is 0 Å². The molecule has 2 heterocycles. The summed E-state index contributed by atoms with van der Waals surface area (Å²) in [5.41, 5.74) is 3.23. The number of hydrogen-bond acceptors (Lipinski definition) is 5. The predicted octanol–water partition coefficient (Wildman–Crippen LogP) is 4.43. The number of carbonyl (C=O) groups excluding carboxylic acids is 2. The van der Waals surface area contributed by atoms with Crippen molar-refractivity contribution in [1.82, 2.24) is 0 Å². The second kappa shape index (κ2) is 7.01. The van der Waals surface area contributed by atoms with Gasteiger partial charge in [0.25, 0.3) is 0 Å². The van der Waals surface area contributed by atoms with Crippen LogP contribution in [-0.2, 0) is 21.4 Å². The van der Waals surface area contributed by atoms with Crippen molar-refractivity contribution < 1.29 is 19.1 Å². The van der Waals surface area contributed by atoms with Crippen molar-refractivity contribution in [1.29, 1.82) is 0 Å². The Labute approximate surface area is 182 Å². The number of rotatable bonds is 5. The van der Waals surface area contributed by atoms with E-state index in [4.69, 9.17) is 9.47 Å². The molecule has 1 amide bonds. The second-order valence-electron chi connectivity index (χ2n) is 10.1. The van der Waals surface area contributed by atoms with Crippen LogP contribution in [0.5, 0.6) is 11.5 Å². The van der Waals surface area contributed by atoms with Gasteiger partial charge in [-0.15, -0.1) is 0 Å². The van der Waals surface area contributed by atoms with E-state index >= 15 is 0 Å². The van der Waals surface area contributed by atoms with E-state index in [2.05, 4.69) is 31.4 Å². The Hall–Kier alpha value is -3.02. The van der Waals surface area contributed by atoms with Gasteiger partial charge in [-0.2, -0.15) is 0 Å². The lowest BCUT2D eigenvalue weighted by molar-refractivity contribution is -0.121. The molecule has 1 fully saturated rings. The van der Waals surface area contributed by atoms with Gasteiger partial charge in [-0.25, -0.2) is 0 Å². The molecule has 6 nitrogen and oxygen atoms in total. The van der Waals surface area contributed by atoms with Crippen molar-refractivity contribution >= 4 is 23.1 Å². The summed E-state index contributed by atoms with van der Waals surface area (Å²) in [4.78, 5) is 25.8. The molecule has 1 saturated carbocycles. The zero-order chi connectivity index (χ0) is 21.8. The average Bonchev–Trinajstić information content (AvgIpc) is 3.19. The van der Waals surface area contributed by atoms with Gasteiger partial charge < -0.3 is 20.1 Å². The second-order valence-corrected chi connectivity index (χ2v) is 10.1. The monoisotopic (exact) mass is 420 g/mol. The molecular formula is C25H28N2O4. The fourth-order valence-electron chi connectivity index (χ4n) is 4.50. The topological polar surface area (TPSA) is 76.7 Å². The van der Waals surface area contributed by atoms with E-state index in [1.54, 1.807) is 0 Å². The molecule has 162 valence electrons.